The van der Waals surface area contributed by atoms with E-state index in [0.717, 1.165) is 38.0 Å². The number of ketones is 2. The Labute approximate surface area is 189 Å². The van der Waals surface area contributed by atoms with Crippen molar-refractivity contribution in [1.82, 2.24) is 0 Å². The van der Waals surface area contributed by atoms with Gasteiger partial charge in [0.15, 0.2) is 5.78 Å². The van der Waals surface area contributed by atoms with E-state index in [1.54, 1.807) is 24.8 Å². The minimum absolute atomic E-state index is 0. The van der Waals surface area contributed by atoms with Gasteiger partial charge in [-0.25, -0.2) is 0 Å². The second-order valence-electron chi connectivity index (χ2n) is 7.15. The molecule has 0 bridgehead atoms. The number of allylic oxidation sites excluding steroid dienone is 2. The van der Waals surface area contributed by atoms with Gasteiger partial charge in [-0.1, -0.05) is 12.5 Å². The number of carbonyl (C=O) groups is 2. The van der Waals surface area contributed by atoms with Crippen molar-refractivity contribution in [2.45, 2.75) is 57.8 Å². The third-order valence-corrected chi connectivity index (χ3v) is 3.93. The predicted molar refractivity (Wildman–Crippen MR) is 94.6 cm³/mol. The summed E-state index contributed by atoms with van der Waals surface area (Å²) in [7, 11) is -1.42. The Bertz CT molecular complexity index is 457. The minimum Gasteiger partial charge on any atom is -1.00 e. The van der Waals surface area contributed by atoms with Crippen molar-refractivity contribution < 1.29 is 68.8 Å². The summed E-state index contributed by atoms with van der Waals surface area (Å²) in [5.74, 6) is 2.19. The van der Waals surface area contributed by atoms with Crippen molar-refractivity contribution in [3.05, 3.63) is 12.2 Å². The first-order valence-corrected chi connectivity index (χ1v) is 11.2. The quantitative estimate of drug-likeness (QED) is 0.229. The molecule has 0 aliphatic heterocycles. The fourth-order valence-electron chi connectivity index (χ4n) is 2.71. The number of rotatable bonds is 0. The fraction of sp³-hybridized carbons (Fsp3) is 0.778. The van der Waals surface area contributed by atoms with Crippen molar-refractivity contribution in [2.24, 2.45) is 11.8 Å². The Morgan fingerprint density at radius 2 is 1.62 bits per heavy atom. The maximum Gasteiger partial charge on any atom is 1.00 e. The smallest absolute Gasteiger partial charge is 1.00 e. The monoisotopic (exact) mass is 478 g/mol. The van der Waals surface area contributed by atoms with Crippen LogP contribution in [-0.4, -0.2) is 30.3 Å². The first-order valence-electron chi connectivity index (χ1n) is 8.38. The average Bonchev–Trinajstić information content (AvgIpc) is 3.17. The maximum atomic E-state index is 11.1. The summed E-state index contributed by atoms with van der Waals surface area (Å²) in [6.07, 6.45) is 18.8. The number of hydrogen-bond donors (Lipinski definition) is 0. The third-order valence-electron chi connectivity index (χ3n) is 3.93. The molecular weight excluding hydrogens is 446 g/mol. The summed E-state index contributed by atoms with van der Waals surface area (Å²) in [6.45, 7) is 0. The van der Waals surface area contributed by atoms with Crippen molar-refractivity contribution in [2.75, 3.05) is 18.8 Å². The van der Waals surface area contributed by atoms with E-state index < -0.39 is 9.93 Å². The van der Waals surface area contributed by atoms with Gasteiger partial charge in [-0.2, -0.15) is 0 Å². The van der Waals surface area contributed by atoms with Gasteiger partial charge in [0.2, 0.25) is 0 Å². The minimum atomic E-state index is -1.42. The van der Waals surface area contributed by atoms with Crippen LogP contribution in [0.4, 0.5) is 0 Å². The molecule has 0 aromatic heterocycles. The molecule has 0 heterocycles. The van der Waals surface area contributed by atoms with Crippen LogP contribution in [0.25, 0.3) is 0 Å². The van der Waals surface area contributed by atoms with Crippen molar-refractivity contribution in [3.63, 3.8) is 0 Å². The molecule has 3 aliphatic rings. The summed E-state index contributed by atoms with van der Waals surface area (Å²) >= 11 is 0. The summed E-state index contributed by atoms with van der Waals surface area (Å²) in [6, 6.07) is 0. The number of carbonyl (C=O) groups excluding carboxylic acids is 2. The summed E-state index contributed by atoms with van der Waals surface area (Å²) in [4.78, 5) is 21.7. The normalized spacial score (nSPS) is 25.0. The SMILES string of the molecule is C[S+](C)(C)=O.O=C1C=CCCCC1.O=C1CCCCC2CC12.[H-].[I-].[Na+]. The molecule has 0 N–H and O–H groups in total. The standard InChI is InChI=1S/C8H12O.C7H10O.C3H9OS.HI.Na.H/c9-8-4-2-1-3-6-5-7(6)8;8-7-5-3-1-2-4-6-7;1-5(2,3)4;;;/h6-7H,1-5H2;3,5H,1-2,4,6H2;1-3H3;1H;;/q;;+1;;+1;-1/p-1. The van der Waals surface area contributed by atoms with Gasteiger partial charge in [0.1, 0.15) is 24.6 Å². The summed E-state index contributed by atoms with van der Waals surface area (Å²) in [5.41, 5.74) is 0. The van der Waals surface area contributed by atoms with Crippen LogP contribution in [0.1, 0.15) is 59.2 Å². The Balaban J connectivity index is -0.000000285. The van der Waals surface area contributed by atoms with E-state index >= 15 is 0 Å². The average molecular weight is 478 g/mol. The molecule has 3 aliphatic carbocycles. The number of halogens is 1. The van der Waals surface area contributed by atoms with Crippen LogP contribution in [0.2, 0.25) is 0 Å². The van der Waals surface area contributed by atoms with E-state index in [0.29, 0.717) is 17.5 Å². The second-order valence-corrected chi connectivity index (χ2v) is 10.6. The van der Waals surface area contributed by atoms with E-state index in [4.69, 9.17) is 0 Å². The molecule has 3 rings (SSSR count). The first-order chi connectivity index (χ1) is 10.3. The zero-order valence-corrected chi connectivity index (χ0v) is 20.7. The van der Waals surface area contributed by atoms with Crippen LogP contribution in [0.3, 0.4) is 0 Å². The van der Waals surface area contributed by atoms with Gasteiger partial charge in [-0.3, -0.25) is 9.59 Å². The van der Waals surface area contributed by atoms with Gasteiger partial charge in [0.25, 0.3) is 0 Å². The van der Waals surface area contributed by atoms with E-state index in [9.17, 15) is 13.8 Å². The topological polar surface area (TPSA) is 51.2 Å². The predicted octanol–water partition coefficient (Wildman–Crippen LogP) is -2.05. The summed E-state index contributed by atoms with van der Waals surface area (Å²) in [5, 5.41) is 0. The fourth-order valence-corrected chi connectivity index (χ4v) is 2.71. The second kappa shape index (κ2) is 14.1. The molecule has 0 amide bonds. The first kappa shape index (κ1) is 27.2. The van der Waals surface area contributed by atoms with E-state index in [1.807, 2.05) is 6.08 Å². The molecule has 2 fully saturated rings. The van der Waals surface area contributed by atoms with Gasteiger partial charge in [0, 0.05) is 18.8 Å². The molecule has 136 valence electrons. The van der Waals surface area contributed by atoms with Crippen molar-refractivity contribution in [1.29, 1.82) is 0 Å². The molecule has 0 spiro atoms. The van der Waals surface area contributed by atoms with Crippen LogP contribution in [0.5, 0.6) is 0 Å². The van der Waals surface area contributed by atoms with Crippen molar-refractivity contribution in [3.8, 4) is 0 Å². The molecule has 2 unspecified atom stereocenters. The Kier molecular flexibility index (Phi) is 15.9. The van der Waals surface area contributed by atoms with Crippen LogP contribution in [0.15, 0.2) is 12.2 Å². The Hall–Kier alpha value is 0.960. The van der Waals surface area contributed by atoms with Gasteiger partial charge in [0.05, 0.1) is 9.93 Å². The largest absolute Gasteiger partial charge is 1.00 e. The molecule has 2 atom stereocenters. The molecule has 6 heteroatoms. The Morgan fingerprint density at radius 3 is 2.25 bits per heavy atom. The molecule has 2 saturated carbocycles. The third kappa shape index (κ3) is 15.2. The molecule has 0 aromatic carbocycles. The van der Waals surface area contributed by atoms with E-state index in [2.05, 4.69) is 0 Å². The van der Waals surface area contributed by atoms with Crippen LogP contribution in [0, 0.1) is 11.8 Å². The van der Waals surface area contributed by atoms with Gasteiger partial charge in [-0.15, -0.1) is 4.21 Å². The number of fused-ring (bicyclic) bond motifs is 1. The molecule has 3 nitrogen and oxygen atoms in total. The summed E-state index contributed by atoms with van der Waals surface area (Å²) < 4.78 is 10.2. The molecule has 0 saturated heterocycles. The molecule has 0 radical (unpaired) electrons. The maximum absolute atomic E-state index is 11.1. The van der Waals surface area contributed by atoms with Crippen molar-refractivity contribution >= 4 is 21.5 Å². The molecule has 0 aromatic rings. The molecule has 24 heavy (non-hydrogen) atoms. The van der Waals surface area contributed by atoms with E-state index in [1.165, 1.54) is 25.7 Å². The molecular formula is C18H32INaO3S. The van der Waals surface area contributed by atoms with Crippen LogP contribution >= 0.6 is 0 Å². The van der Waals surface area contributed by atoms with Gasteiger partial charge < -0.3 is 25.4 Å². The van der Waals surface area contributed by atoms with E-state index in [-0.39, 0.29) is 55.0 Å². The van der Waals surface area contributed by atoms with Gasteiger partial charge >= 0.3 is 29.6 Å². The van der Waals surface area contributed by atoms with Gasteiger partial charge in [-0.05, 0) is 50.5 Å². The Morgan fingerprint density at radius 1 is 1.04 bits per heavy atom. The van der Waals surface area contributed by atoms with Crippen LogP contribution < -0.4 is 53.5 Å². The number of Topliss-reactive ketones (excluding diaryl/α,β-unsaturated/α-hetero) is 1. The number of hydrogen-bond acceptors (Lipinski definition) is 3. The zero-order valence-electron chi connectivity index (χ0n) is 16.7. The van der Waals surface area contributed by atoms with Crippen LogP contribution in [-0.2, 0) is 23.7 Å². The zero-order chi connectivity index (χ0) is 16.6.